The van der Waals surface area contributed by atoms with E-state index in [1.165, 1.54) is 11.3 Å². The highest BCUT2D eigenvalue weighted by atomic mass is 32.1. The molecule has 0 fully saturated rings. The van der Waals surface area contributed by atoms with Crippen LogP contribution in [0.5, 0.6) is 0 Å². The summed E-state index contributed by atoms with van der Waals surface area (Å²) in [5, 5.41) is 2.43. The molecular weight excluding hydrogens is 266 g/mol. The highest BCUT2D eigenvalue weighted by molar-refractivity contribution is 7.13. The Balaban J connectivity index is 1.90. The number of ether oxygens (including phenoxy) is 2. The number of hydrogen-bond donors (Lipinski definition) is 0. The molecule has 19 heavy (non-hydrogen) atoms. The highest BCUT2D eigenvalue weighted by Crippen LogP contribution is 2.24. The van der Waals surface area contributed by atoms with Crippen molar-refractivity contribution in [3.05, 3.63) is 29.7 Å². The Bertz CT molecular complexity index is 520. The molecular formula is C13H15NO4S. The second kappa shape index (κ2) is 6.49. The standard InChI is InChI=1S/C13H15NO4S/c1-9(16-2)3-6-18-13(15)11-8-19-12(14-11)10-4-5-17-7-10/h4-5,7-9H,3,6H2,1-2H3/t9-/m0/s1. The number of thiazole rings is 1. The molecule has 0 bridgehead atoms. The van der Waals surface area contributed by atoms with E-state index in [0.29, 0.717) is 18.7 Å². The highest BCUT2D eigenvalue weighted by Gasteiger charge is 2.14. The predicted octanol–water partition coefficient (Wildman–Crippen LogP) is 2.98. The van der Waals surface area contributed by atoms with Crippen molar-refractivity contribution in [2.75, 3.05) is 13.7 Å². The molecule has 0 aliphatic rings. The third-order valence-electron chi connectivity index (χ3n) is 2.64. The van der Waals surface area contributed by atoms with Crippen molar-refractivity contribution in [2.45, 2.75) is 19.4 Å². The lowest BCUT2D eigenvalue weighted by Crippen LogP contribution is -2.13. The van der Waals surface area contributed by atoms with Gasteiger partial charge in [0.1, 0.15) is 11.3 Å². The zero-order valence-corrected chi connectivity index (χ0v) is 11.6. The molecule has 2 aromatic rings. The van der Waals surface area contributed by atoms with Crippen LogP contribution < -0.4 is 0 Å². The number of nitrogens with zero attached hydrogens (tertiary/aromatic N) is 1. The van der Waals surface area contributed by atoms with Crippen LogP contribution in [0.15, 0.2) is 28.4 Å². The number of rotatable bonds is 6. The van der Waals surface area contributed by atoms with Gasteiger partial charge in [-0.25, -0.2) is 9.78 Å². The Kier molecular flexibility index (Phi) is 4.70. The number of methoxy groups -OCH3 is 1. The normalized spacial score (nSPS) is 12.3. The maximum absolute atomic E-state index is 11.8. The Labute approximate surface area is 115 Å². The van der Waals surface area contributed by atoms with Gasteiger partial charge >= 0.3 is 5.97 Å². The van der Waals surface area contributed by atoms with Gasteiger partial charge in [-0.3, -0.25) is 0 Å². The average Bonchev–Trinajstić information content (AvgIpc) is 3.08. The first-order valence-corrected chi connectivity index (χ1v) is 6.76. The van der Waals surface area contributed by atoms with E-state index in [9.17, 15) is 4.79 Å². The Morgan fingerprint density at radius 1 is 1.58 bits per heavy atom. The van der Waals surface area contributed by atoms with Gasteiger partial charge in [0, 0.05) is 24.5 Å². The van der Waals surface area contributed by atoms with E-state index in [2.05, 4.69) is 4.98 Å². The van der Waals surface area contributed by atoms with Gasteiger partial charge in [-0.15, -0.1) is 11.3 Å². The van der Waals surface area contributed by atoms with E-state index in [1.807, 2.05) is 6.92 Å². The molecule has 0 spiro atoms. The maximum atomic E-state index is 11.8. The van der Waals surface area contributed by atoms with Crippen molar-refractivity contribution in [3.8, 4) is 10.6 Å². The van der Waals surface area contributed by atoms with Gasteiger partial charge in [0.2, 0.25) is 0 Å². The molecule has 0 radical (unpaired) electrons. The van der Waals surface area contributed by atoms with Gasteiger partial charge in [0.25, 0.3) is 0 Å². The molecule has 1 atom stereocenters. The Hall–Kier alpha value is -1.66. The summed E-state index contributed by atoms with van der Waals surface area (Å²) in [7, 11) is 1.63. The van der Waals surface area contributed by atoms with Crippen LogP contribution in [0.3, 0.4) is 0 Å². The van der Waals surface area contributed by atoms with Crippen LogP contribution in [-0.4, -0.2) is 30.8 Å². The van der Waals surface area contributed by atoms with Gasteiger partial charge in [-0.1, -0.05) is 0 Å². The lowest BCUT2D eigenvalue weighted by atomic mass is 10.3. The van der Waals surface area contributed by atoms with Crippen LogP contribution >= 0.6 is 11.3 Å². The van der Waals surface area contributed by atoms with Crippen molar-refractivity contribution < 1.29 is 18.7 Å². The van der Waals surface area contributed by atoms with E-state index in [0.717, 1.165) is 10.6 Å². The fraction of sp³-hybridized carbons (Fsp3) is 0.385. The first-order chi connectivity index (χ1) is 9.20. The van der Waals surface area contributed by atoms with Crippen molar-refractivity contribution in [1.82, 2.24) is 4.98 Å². The van der Waals surface area contributed by atoms with Gasteiger partial charge < -0.3 is 13.9 Å². The quantitative estimate of drug-likeness (QED) is 0.762. The molecule has 0 aliphatic carbocycles. The molecule has 5 nitrogen and oxygen atoms in total. The predicted molar refractivity (Wildman–Crippen MR) is 71.2 cm³/mol. The summed E-state index contributed by atoms with van der Waals surface area (Å²) in [6.45, 7) is 2.25. The number of carbonyl (C=O) groups is 1. The van der Waals surface area contributed by atoms with Crippen LogP contribution in [0.2, 0.25) is 0 Å². The van der Waals surface area contributed by atoms with Gasteiger partial charge in [-0.2, -0.15) is 0 Å². The summed E-state index contributed by atoms with van der Waals surface area (Å²) in [5.41, 5.74) is 1.18. The van der Waals surface area contributed by atoms with E-state index >= 15 is 0 Å². The molecule has 0 saturated carbocycles. The monoisotopic (exact) mass is 281 g/mol. The summed E-state index contributed by atoms with van der Waals surface area (Å²) in [4.78, 5) is 16.0. The minimum atomic E-state index is -0.408. The molecule has 0 unspecified atom stereocenters. The van der Waals surface area contributed by atoms with Crippen molar-refractivity contribution >= 4 is 17.3 Å². The maximum Gasteiger partial charge on any atom is 0.357 e. The number of furan rings is 1. The largest absolute Gasteiger partial charge is 0.472 e. The topological polar surface area (TPSA) is 61.6 Å². The third-order valence-corrected chi connectivity index (χ3v) is 3.53. The molecule has 2 aromatic heterocycles. The minimum Gasteiger partial charge on any atom is -0.472 e. The summed E-state index contributed by atoms with van der Waals surface area (Å²) in [6, 6.07) is 1.80. The molecule has 0 aliphatic heterocycles. The lowest BCUT2D eigenvalue weighted by molar-refractivity contribution is 0.0386. The zero-order chi connectivity index (χ0) is 13.7. The average molecular weight is 281 g/mol. The van der Waals surface area contributed by atoms with Crippen LogP contribution in [0.25, 0.3) is 10.6 Å². The molecule has 102 valence electrons. The molecule has 2 rings (SSSR count). The first-order valence-electron chi connectivity index (χ1n) is 5.88. The lowest BCUT2D eigenvalue weighted by Gasteiger charge is -2.08. The third kappa shape index (κ3) is 3.65. The van der Waals surface area contributed by atoms with E-state index in [1.54, 1.807) is 31.1 Å². The summed E-state index contributed by atoms with van der Waals surface area (Å²) in [6.07, 6.45) is 3.90. The molecule has 0 saturated heterocycles. The van der Waals surface area contributed by atoms with Crippen molar-refractivity contribution in [3.63, 3.8) is 0 Å². The van der Waals surface area contributed by atoms with Crippen LogP contribution in [0.4, 0.5) is 0 Å². The molecule has 0 N–H and O–H groups in total. The van der Waals surface area contributed by atoms with Crippen molar-refractivity contribution in [2.24, 2.45) is 0 Å². The molecule has 0 amide bonds. The second-order valence-corrected chi connectivity index (χ2v) is 4.88. The van der Waals surface area contributed by atoms with E-state index in [4.69, 9.17) is 13.9 Å². The molecule has 6 heteroatoms. The fourth-order valence-electron chi connectivity index (χ4n) is 1.40. The van der Waals surface area contributed by atoms with Gasteiger partial charge in [0.05, 0.1) is 19.0 Å². The van der Waals surface area contributed by atoms with E-state index < -0.39 is 5.97 Å². The Morgan fingerprint density at radius 3 is 3.11 bits per heavy atom. The van der Waals surface area contributed by atoms with Gasteiger partial charge in [-0.05, 0) is 13.0 Å². The number of hydrogen-bond acceptors (Lipinski definition) is 6. The number of carbonyl (C=O) groups excluding carboxylic acids is 1. The smallest absolute Gasteiger partial charge is 0.357 e. The molecule has 2 heterocycles. The zero-order valence-electron chi connectivity index (χ0n) is 10.8. The Morgan fingerprint density at radius 2 is 2.42 bits per heavy atom. The van der Waals surface area contributed by atoms with Crippen LogP contribution in [0, 0.1) is 0 Å². The second-order valence-electron chi connectivity index (χ2n) is 4.02. The first kappa shape index (κ1) is 13.8. The SMILES string of the molecule is CO[C@@H](C)CCOC(=O)c1csc(-c2ccoc2)n1. The van der Waals surface area contributed by atoms with Crippen LogP contribution in [0.1, 0.15) is 23.8 Å². The minimum absolute atomic E-state index is 0.0738. The number of esters is 1. The van der Waals surface area contributed by atoms with Crippen LogP contribution in [-0.2, 0) is 9.47 Å². The van der Waals surface area contributed by atoms with Crippen molar-refractivity contribution in [1.29, 1.82) is 0 Å². The summed E-state index contributed by atoms with van der Waals surface area (Å²) < 4.78 is 15.2. The number of aromatic nitrogens is 1. The molecule has 0 aromatic carbocycles. The van der Waals surface area contributed by atoms with Gasteiger partial charge in [0.15, 0.2) is 5.69 Å². The summed E-state index contributed by atoms with van der Waals surface area (Å²) in [5.74, 6) is -0.408. The fourth-order valence-corrected chi connectivity index (χ4v) is 2.17. The summed E-state index contributed by atoms with van der Waals surface area (Å²) >= 11 is 1.38. The van der Waals surface area contributed by atoms with E-state index in [-0.39, 0.29) is 6.10 Å².